The minimum Gasteiger partial charge on any atom is -0.372 e. The van der Waals surface area contributed by atoms with Crippen LogP contribution in [-0.4, -0.2) is 23.9 Å². The zero-order valence-electron chi connectivity index (χ0n) is 20.7. The van der Waals surface area contributed by atoms with Gasteiger partial charge in [0.25, 0.3) is 5.91 Å². The van der Waals surface area contributed by atoms with Crippen molar-refractivity contribution in [3.8, 4) is 6.07 Å². The zero-order valence-corrected chi connectivity index (χ0v) is 20.7. The summed E-state index contributed by atoms with van der Waals surface area (Å²) in [6, 6.07) is 22.2. The van der Waals surface area contributed by atoms with E-state index < -0.39 is 11.7 Å². The molecule has 0 saturated heterocycles. The van der Waals surface area contributed by atoms with E-state index in [-0.39, 0.29) is 30.8 Å². The van der Waals surface area contributed by atoms with Crippen molar-refractivity contribution in [2.45, 2.75) is 45.3 Å². The van der Waals surface area contributed by atoms with E-state index in [2.05, 4.69) is 26.1 Å². The lowest BCUT2D eigenvalue weighted by Gasteiger charge is -2.25. The van der Waals surface area contributed by atoms with Gasteiger partial charge in [0.1, 0.15) is 6.54 Å². The third kappa shape index (κ3) is 7.11. The molecule has 0 aliphatic heterocycles. The van der Waals surface area contributed by atoms with Gasteiger partial charge in [-0.25, -0.2) is 0 Å². The Labute approximate surface area is 210 Å². The second kappa shape index (κ2) is 11.3. The number of nitrogens with zero attached hydrogens (tertiary/aromatic N) is 2. The fraction of sp³-hybridized carbons (Fsp3) is 0.310. The van der Waals surface area contributed by atoms with Crippen LogP contribution in [0.4, 0.5) is 18.9 Å². The predicted octanol–water partition coefficient (Wildman–Crippen LogP) is 6.82. The van der Waals surface area contributed by atoms with Crippen LogP contribution in [0.25, 0.3) is 0 Å². The van der Waals surface area contributed by atoms with E-state index in [1.54, 1.807) is 35.2 Å². The summed E-state index contributed by atoms with van der Waals surface area (Å²) >= 11 is 0. The van der Waals surface area contributed by atoms with Crippen molar-refractivity contribution in [1.82, 2.24) is 4.90 Å². The minimum atomic E-state index is -4.42. The topological polar surface area (TPSA) is 56.1 Å². The largest absolute Gasteiger partial charge is 0.416 e. The van der Waals surface area contributed by atoms with Gasteiger partial charge in [-0.05, 0) is 46.7 Å². The molecule has 36 heavy (non-hydrogen) atoms. The number of para-hydroxylation sites is 1. The van der Waals surface area contributed by atoms with Crippen LogP contribution >= 0.6 is 0 Å². The number of rotatable bonds is 8. The monoisotopic (exact) mass is 493 g/mol. The van der Waals surface area contributed by atoms with Crippen LogP contribution in [0.5, 0.6) is 0 Å². The first-order valence-corrected chi connectivity index (χ1v) is 11.7. The number of hydrogen-bond donors (Lipinski definition) is 1. The Morgan fingerprint density at radius 1 is 0.917 bits per heavy atom. The summed E-state index contributed by atoms with van der Waals surface area (Å²) in [4.78, 5) is 15.3. The lowest BCUT2D eigenvalue weighted by Crippen LogP contribution is -2.33. The molecule has 3 rings (SSSR count). The fourth-order valence-electron chi connectivity index (χ4n) is 3.88. The van der Waals surface area contributed by atoms with Crippen molar-refractivity contribution < 1.29 is 18.0 Å². The van der Waals surface area contributed by atoms with Crippen LogP contribution in [0.1, 0.15) is 53.4 Å². The molecular formula is C29H30F3N3O. The van der Waals surface area contributed by atoms with E-state index in [9.17, 15) is 18.0 Å². The van der Waals surface area contributed by atoms with Gasteiger partial charge in [0.05, 0.1) is 17.2 Å². The zero-order chi connectivity index (χ0) is 26.3. The normalized spacial score (nSPS) is 11.6. The number of anilines is 1. The molecule has 0 aliphatic rings. The highest BCUT2D eigenvalue weighted by Gasteiger charge is 2.30. The van der Waals surface area contributed by atoms with Crippen LogP contribution in [0, 0.1) is 11.3 Å². The SMILES string of the molecule is CC(C)(C)c1ccc(CN(CCc2cccc(C(F)(F)F)c2)C(=O)c2ccccc2NCC#N)cc1. The summed E-state index contributed by atoms with van der Waals surface area (Å²) in [6.07, 6.45) is -4.16. The Balaban J connectivity index is 1.88. The summed E-state index contributed by atoms with van der Waals surface area (Å²) in [7, 11) is 0. The first kappa shape index (κ1) is 26.8. The number of benzene rings is 3. The van der Waals surface area contributed by atoms with Gasteiger partial charge in [-0.3, -0.25) is 4.79 Å². The minimum absolute atomic E-state index is 0.0110. The van der Waals surface area contributed by atoms with E-state index in [1.165, 1.54) is 11.6 Å². The molecule has 188 valence electrons. The molecule has 4 nitrogen and oxygen atoms in total. The molecule has 0 radical (unpaired) electrons. The van der Waals surface area contributed by atoms with Crippen molar-refractivity contribution in [1.29, 1.82) is 5.26 Å². The maximum Gasteiger partial charge on any atom is 0.416 e. The standard InChI is InChI=1S/C29H30F3N3O/c1-28(2,3)23-13-11-22(12-14-23)20-35(18-15-21-7-6-8-24(19-21)29(30,31)32)27(36)25-9-4-5-10-26(25)34-17-16-33/h4-14,19,34H,15,17-18,20H2,1-3H3. The van der Waals surface area contributed by atoms with E-state index in [0.29, 0.717) is 23.4 Å². The maximum absolute atomic E-state index is 13.6. The lowest BCUT2D eigenvalue weighted by molar-refractivity contribution is -0.137. The maximum atomic E-state index is 13.6. The molecule has 0 atom stereocenters. The van der Waals surface area contributed by atoms with Crippen molar-refractivity contribution in [3.05, 3.63) is 101 Å². The quantitative estimate of drug-likeness (QED) is 0.350. The van der Waals surface area contributed by atoms with Gasteiger partial charge in [0.15, 0.2) is 0 Å². The van der Waals surface area contributed by atoms with Crippen LogP contribution in [-0.2, 0) is 24.6 Å². The van der Waals surface area contributed by atoms with Crippen LogP contribution in [0.15, 0.2) is 72.8 Å². The molecule has 7 heteroatoms. The molecule has 0 heterocycles. The van der Waals surface area contributed by atoms with Gasteiger partial charge >= 0.3 is 6.18 Å². The number of nitriles is 1. The summed E-state index contributed by atoms with van der Waals surface area (Å²) in [5.41, 5.74) is 2.81. The Morgan fingerprint density at radius 3 is 2.25 bits per heavy atom. The molecule has 3 aromatic rings. The molecule has 0 unspecified atom stereocenters. The number of halogens is 3. The summed E-state index contributed by atoms with van der Waals surface area (Å²) in [5, 5.41) is 11.9. The number of carbonyl (C=O) groups is 1. The lowest BCUT2D eigenvalue weighted by atomic mass is 9.87. The van der Waals surface area contributed by atoms with Crippen molar-refractivity contribution in [3.63, 3.8) is 0 Å². The van der Waals surface area contributed by atoms with Crippen LogP contribution in [0.2, 0.25) is 0 Å². The van der Waals surface area contributed by atoms with E-state index in [4.69, 9.17) is 5.26 Å². The summed E-state index contributed by atoms with van der Waals surface area (Å²) in [5.74, 6) is -0.261. The molecule has 0 fully saturated rings. The number of hydrogen-bond acceptors (Lipinski definition) is 3. The third-order valence-electron chi connectivity index (χ3n) is 5.92. The molecule has 3 aromatic carbocycles. The van der Waals surface area contributed by atoms with Crippen LogP contribution < -0.4 is 5.32 Å². The highest BCUT2D eigenvalue weighted by molar-refractivity contribution is 5.99. The molecule has 0 spiro atoms. The van der Waals surface area contributed by atoms with E-state index in [1.807, 2.05) is 30.3 Å². The Hall–Kier alpha value is -3.79. The molecule has 0 aromatic heterocycles. The first-order chi connectivity index (χ1) is 17.0. The molecule has 0 bridgehead atoms. The van der Waals surface area contributed by atoms with Gasteiger partial charge in [-0.2, -0.15) is 18.4 Å². The first-order valence-electron chi connectivity index (χ1n) is 11.7. The van der Waals surface area contributed by atoms with Crippen molar-refractivity contribution in [2.24, 2.45) is 0 Å². The van der Waals surface area contributed by atoms with Crippen LogP contribution in [0.3, 0.4) is 0 Å². The van der Waals surface area contributed by atoms with Gasteiger partial charge in [0.2, 0.25) is 0 Å². The Kier molecular flexibility index (Phi) is 8.41. The molecular weight excluding hydrogens is 463 g/mol. The third-order valence-corrected chi connectivity index (χ3v) is 5.92. The smallest absolute Gasteiger partial charge is 0.372 e. The van der Waals surface area contributed by atoms with Gasteiger partial charge in [-0.15, -0.1) is 0 Å². The van der Waals surface area contributed by atoms with Gasteiger partial charge in [-0.1, -0.05) is 75.4 Å². The fourth-order valence-corrected chi connectivity index (χ4v) is 3.88. The molecule has 0 aliphatic carbocycles. The van der Waals surface area contributed by atoms with Crippen molar-refractivity contribution >= 4 is 11.6 Å². The summed E-state index contributed by atoms with van der Waals surface area (Å²) < 4.78 is 39.5. The number of nitrogens with one attached hydrogen (secondary N) is 1. The number of amides is 1. The Bertz CT molecular complexity index is 1220. The molecule has 1 N–H and O–H groups in total. The van der Waals surface area contributed by atoms with Crippen molar-refractivity contribution in [2.75, 3.05) is 18.4 Å². The predicted molar refractivity (Wildman–Crippen MR) is 136 cm³/mol. The van der Waals surface area contributed by atoms with Gasteiger partial charge in [0, 0.05) is 18.8 Å². The van der Waals surface area contributed by atoms with E-state index >= 15 is 0 Å². The average molecular weight is 494 g/mol. The Morgan fingerprint density at radius 2 is 1.61 bits per heavy atom. The molecule has 0 saturated carbocycles. The number of carbonyl (C=O) groups excluding carboxylic acids is 1. The second-order valence-electron chi connectivity index (χ2n) is 9.68. The second-order valence-corrected chi connectivity index (χ2v) is 9.68. The number of alkyl halides is 3. The molecule has 1 amide bonds. The highest BCUT2D eigenvalue weighted by Crippen LogP contribution is 2.30. The highest BCUT2D eigenvalue weighted by atomic mass is 19.4. The van der Waals surface area contributed by atoms with Gasteiger partial charge < -0.3 is 10.2 Å². The van der Waals surface area contributed by atoms with E-state index in [0.717, 1.165) is 17.7 Å². The summed E-state index contributed by atoms with van der Waals surface area (Å²) in [6.45, 7) is 6.94. The average Bonchev–Trinajstić information content (AvgIpc) is 2.84.